The van der Waals surface area contributed by atoms with E-state index in [0.29, 0.717) is 6.42 Å². The number of amides is 1. The van der Waals surface area contributed by atoms with Crippen LogP contribution in [-0.4, -0.2) is 11.7 Å². The largest absolute Gasteiger partial charge is 0.369 e. The smallest absolute Gasteiger partial charge is 0.235 e. The van der Waals surface area contributed by atoms with Gasteiger partial charge in [-0.25, -0.2) is 0 Å². The first kappa shape index (κ1) is 8.65. The molecule has 75 valence electrons. The average molecular weight is 200 g/mol. The number of primary amides is 1. The SMILES string of the molecule is NC(=O)C12CCC(C1=O)c1[c]cccc12. The fourth-order valence-corrected chi connectivity index (χ4v) is 2.94. The predicted octanol–water partition coefficient (Wildman–Crippen LogP) is 0.670. The molecule has 0 aromatic heterocycles. The van der Waals surface area contributed by atoms with Gasteiger partial charge in [0, 0.05) is 5.92 Å². The molecule has 2 N–H and O–H groups in total. The van der Waals surface area contributed by atoms with Crippen LogP contribution in [0, 0.1) is 6.07 Å². The van der Waals surface area contributed by atoms with Crippen LogP contribution in [0.3, 0.4) is 0 Å². The van der Waals surface area contributed by atoms with Crippen LogP contribution in [-0.2, 0) is 15.0 Å². The molecule has 15 heavy (non-hydrogen) atoms. The van der Waals surface area contributed by atoms with Crippen molar-refractivity contribution < 1.29 is 9.59 Å². The standard InChI is InChI=1S/C12H10NO2/c13-11(15)12-6-5-8(10(12)14)7-3-1-2-4-9(7)12/h1-2,4,8H,5-6H2,(H2,13,15). The minimum absolute atomic E-state index is 0.0209. The summed E-state index contributed by atoms with van der Waals surface area (Å²) in [5.41, 5.74) is 6.04. The lowest BCUT2D eigenvalue weighted by Gasteiger charge is -2.22. The molecule has 2 aliphatic rings. The molecular formula is C12H10NO2. The highest BCUT2D eigenvalue weighted by molar-refractivity contribution is 6.18. The Morgan fingerprint density at radius 1 is 1.60 bits per heavy atom. The van der Waals surface area contributed by atoms with E-state index >= 15 is 0 Å². The first-order chi connectivity index (χ1) is 7.18. The van der Waals surface area contributed by atoms with Crippen LogP contribution in [0.4, 0.5) is 0 Å². The Morgan fingerprint density at radius 3 is 3.13 bits per heavy atom. The van der Waals surface area contributed by atoms with Gasteiger partial charge < -0.3 is 5.73 Å². The van der Waals surface area contributed by atoms with E-state index in [1.807, 2.05) is 6.07 Å². The van der Waals surface area contributed by atoms with E-state index in [0.717, 1.165) is 17.5 Å². The summed E-state index contributed by atoms with van der Waals surface area (Å²) < 4.78 is 0. The second kappa shape index (κ2) is 2.48. The molecule has 1 saturated carbocycles. The van der Waals surface area contributed by atoms with Gasteiger partial charge in [0.2, 0.25) is 5.91 Å². The molecular weight excluding hydrogens is 190 g/mol. The Hall–Kier alpha value is -1.64. The Bertz CT molecular complexity index is 480. The van der Waals surface area contributed by atoms with E-state index in [1.54, 1.807) is 12.1 Å². The van der Waals surface area contributed by atoms with Gasteiger partial charge in [0.1, 0.15) is 5.41 Å². The lowest BCUT2D eigenvalue weighted by molar-refractivity contribution is -0.132. The second-order valence-corrected chi connectivity index (χ2v) is 4.22. The Morgan fingerprint density at radius 2 is 2.40 bits per heavy atom. The summed E-state index contributed by atoms with van der Waals surface area (Å²) in [5.74, 6) is -0.672. The van der Waals surface area contributed by atoms with E-state index < -0.39 is 11.3 Å². The zero-order valence-corrected chi connectivity index (χ0v) is 8.12. The number of fused-ring (bicyclic) bond motifs is 5. The molecule has 2 aliphatic carbocycles. The third-order valence-corrected chi connectivity index (χ3v) is 3.66. The first-order valence-corrected chi connectivity index (χ1v) is 5.03. The minimum atomic E-state index is -1.03. The Kier molecular flexibility index (Phi) is 1.43. The summed E-state index contributed by atoms with van der Waals surface area (Å²) in [6.07, 6.45) is 1.30. The molecule has 3 nitrogen and oxygen atoms in total. The van der Waals surface area contributed by atoms with Crippen molar-refractivity contribution in [2.75, 3.05) is 0 Å². The molecule has 2 atom stereocenters. The van der Waals surface area contributed by atoms with Gasteiger partial charge in [-0.05, 0) is 30.0 Å². The van der Waals surface area contributed by atoms with Gasteiger partial charge >= 0.3 is 0 Å². The lowest BCUT2D eigenvalue weighted by Crippen LogP contribution is -2.42. The number of Topliss-reactive ketones (excluding diaryl/α,β-unsaturated/α-hetero) is 1. The minimum Gasteiger partial charge on any atom is -0.369 e. The molecule has 2 unspecified atom stereocenters. The van der Waals surface area contributed by atoms with Crippen molar-refractivity contribution in [3.8, 4) is 0 Å². The van der Waals surface area contributed by atoms with Crippen LogP contribution in [0.1, 0.15) is 29.9 Å². The van der Waals surface area contributed by atoms with Gasteiger partial charge in [0.25, 0.3) is 0 Å². The Labute approximate surface area is 87.3 Å². The third-order valence-electron chi connectivity index (χ3n) is 3.66. The van der Waals surface area contributed by atoms with E-state index in [4.69, 9.17) is 5.73 Å². The molecule has 3 rings (SSSR count). The molecule has 0 spiro atoms. The zero-order chi connectivity index (χ0) is 10.6. The van der Waals surface area contributed by atoms with Crippen molar-refractivity contribution in [1.29, 1.82) is 0 Å². The number of rotatable bonds is 1. The molecule has 2 bridgehead atoms. The summed E-state index contributed by atoms with van der Waals surface area (Å²) in [4.78, 5) is 23.6. The van der Waals surface area contributed by atoms with Gasteiger partial charge in [-0.3, -0.25) is 9.59 Å². The maximum Gasteiger partial charge on any atom is 0.235 e. The summed E-state index contributed by atoms with van der Waals surface area (Å²) in [7, 11) is 0. The molecule has 3 heteroatoms. The monoisotopic (exact) mass is 200 g/mol. The first-order valence-electron chi connectivity index (χ1n) is 5.03. The molecule has 1 amide bonds. The third kappa shape index (κ3) is 0.775. The quantitative estimate of drug-likeness (QED) is 0.677. The van der Waals surface area contributed by atoms with Gasteiger partial charge in [-0.15, -0.1) is 0 Å². The summed E-state index contributed by atoms with van der Waals surface area (Å²) in [5, 5.41) is 0. The molecule has 1 fully saturated rings. The van der Waals surface area contributed by atoms with E-state index in [-0.39, 0.29) is 11.7 Å². The molecule has 0 aliphatic heterocycles. The van der Waals surface area contributed by atoms with Crippen LogP contribution < -0.4 is 5.73 Å². The van der Waals surface area contributed by atoms with Crippen LogP contribution >= 0.6 is 0 Å². The normalized spacial score (nSPS) is 31.7. The van der Waals surface area contributed by atoms with Crippen LogP contribution in [0.15, 0.2) is 18.2 Å². The van der Waals surface area contributed by atoms with Crippen LogP contribution in [0.5, 0.6) is 0 Å². The van der Waals surface area contributed by atoms with Gasteiger partial charge in [0.15, 0.2) is 5.78 Å². The van der Waals surface area contributed by atoms with E-state index in [2.05, 4.69) is 6.07 Å². The van der Waals surface area contributed by atoms with Crippen LogP contribution in [0.2, 0.25) is 0 Å². The predicted molar refractivity (Wildman–Crippen MR) is 53.1 cm³/mol. The average Bonchev–Trinajstić information content (AvgIpc) is 2.70. The highest BCUT2D eigenvalue weighted by Gasteiger charge is 2.60. The van der Waals surface area contributed by atoms with Gasteiger partial charge in [-0.2, -0.15) is 0 Å². The zero-order valence-electron chi connectivity index (χ0n) is 8.12. The molecule has 1 aromatic rings. The van der Waals surface area contributed by atoms with E-state index in [1.165, 1.54) is 0 Å². The summed E-state index contributed by atoms with van der Waals surface area (Å²) in [6, 6.07) is 8.47. The van der Waals surface area contributed by atoms with Gasteiger partial charge in [0.05, 0.1) is 0 Å². The van der Waals surface area contributed by atoms with E-state index in [9.17, 15) is 9.59 Å². The molecule has 0 saturated heterocycles. The molecule has 0 heterocycles. The number of nitrogens with two attached hydrogens (primary N) is 1. The number of carbonyl (C=O) groups is 2. The van der Waals surface area contributed by atoms with Crippen LogP contribution in [0.25, 0.3) is 0 Å². The number of ketones is 1. The van der Waals surface area contributed by atoms with Crippen molar-refractivity contribution in [1.82, 2.24) is 0 Å². The second-order valence-electron chi connectivity index (χ2n) is 4.22. The fraction of sp³-hybridized carbons (Fsp3) is 0.333. The number of carbonyl (C=O) groups excluding carboxylic acids is 2. The topological polar surface area (TPSA) is 60.2 Å². The summed E-state index contributed by atoms with van der Waals surface area (Å²) >= 11 is 0. The highest BCUT2D eigenvalue weighted by Crippen LogP contribution is 2.53. The Balaban J connectivity index is 2.33. The summed E-state index contributed by atoms with van der Waals surface area (Å²) in [6.45, 7) is 0. The van der Waals surface area contributed by atoms with Crippen molar-refractivity contribution in [3.05, 3.63) is 35.4 Å². The number of hydrogen-bond donors (Lipinski definition) is 1. The maximum atomic E-state index is 12.1. The van der Waals surface area contributed by atoms with Crippen molar-refractivity contribution in [2.24, 2.45) is 5.73 Å². The van der Waals surface area contributed by atoms with Crippen molar-refractivity contribution in [2.45, 2.75) is 24.2 Å². The highest BCUT2D eigenvalue weighted by atomic mass is 16.2. The fourth-order valence-electron chi connectivity index (χ4n) is 2.94. The van der Waals surface area contributed by atoms with Gasteiger partial charge in [-0.1, -0.05) is 18.2 Å². The number of hydrogen-bond acceptors (Lipinski definition) is 2. The van der Waals surface area contributed by atoms with Crippen molar-refractivity contribution >= 4 is 11.7 Å². The molecule has 1 aromatic carbocycles. The van der Waals surface area contributed by atoms with Crippen molar-refractivity contribution in [3.63, 3.8) is 0 Å². The number of benzene rings is 1. The molecule has 1 radical (unpaired) electrons. The lowest BCUT2D eigenvalue weighted by atomic mass is 9.78. The maximum absolute atomic E-state index is 12.1.